The van der Waals surface area contributed by atoms with Gasteiger partial charge in [0, 0.05) is 15.3 Å². The fourth-order valence-corrected chi connectivity index (χ4v) is 0.976. The molecule has 0 bridgehead atoms. The van der Waals surface area contributed by atoms with Crippen LogP contribution in [0.5, 0.6) is 0 Å². The highest BCUT2D eigenvalue weighted by Gasteiger charge is 1.86. The van der Waals surface area contributed by atoms with Gasteiger partial charge >= 0.3 is 0 Å². The average molecular weight is 243 g/mol. The van der Waals surface area contributed by atoms with E-state index in [0.29, 0.717) is 0 Å². The van der Waals surface area contributed by atoms with Crippen molar-refractivity contribution in [2.45, 2.75) is 0 Å². The van der Waals surface area contributed by atoms with Crippen molar-refractivity contribution in [3.8, 4) is 12.5 Å². The van der Waals surface area contributed by atoms with Crippen LogP contribution >= 0.6 is 22.6 Å². The molecule has 0 fully saturated rings. The Labute approximate surface area is 74.0 Å². The predicted molar refractivity (Wildman–Crippen MR) is 51.6 cm³/mol. The van der Waals surface area contributed by atoms with Crippen molar-refractivity contribution in [2.24, 2.45) is 0 Å². The third-order valence-electron chi connectivity index (χ3n) is 1.06. The molecule has 0 atom stereocenters. The van der Waals surface area contributed by atoms with Crippen LogP contribution in [-0.4, -0.2) is 0 Å². The molecule has 0 aliphatic carbocycles. The molecular formula is C8H6IN. The Morgan fingerprint density at radius 2 is 1.90 bits per heavy atom. The number of hydrogen-bond donors (Lipinski definition) is 1. The highest BCUT2D eigenvalue weighted by Crippen LogP contribution is 2.09. The van der Waals surface area contributed by atoms with Crippen molar-refractivity contribution in [2.75, 3.05) is 5.32 Å². The van der Waals surface area contributed by atoms with Crippen molar-refractivity contribution >= 4 is 28.3 Å². The van der Waals surface area contributed by atoms with Crippen molar-refractivity contribution in [1.82, 2.24) is 0 Å². The highest BCUT2D eigenvalue weighted by atomic mass is 127. The molecule has 0 saturated heterocycles. The van der Waals surface area contributed by atoms with Crippen LogP contribution in [0.1, 0.15) is 0 Å². The second kappa shape index (κ2) is 3.47. The van der Waals surface area contributed by atoms with E-state index in [-0.39, 0.29) is 0 Å². The normalized spacial score (nSPS) is 8.40. The fourth-order valence-electron chi connectivity index (χ4n) is 0.617. The summed E-state index contributed by atoms with van der Waals surface area (Å²) in [5, 5.41) is 2.76. The largest absolute Gasteiger partial charge is 0.315 e. The molecule has 1 aromatic rings. The van der Waals surface area contributed by atoms with Gasteiger partial charge in [0.2, 0.25) is 0 Å². The molecule has 0 aromatic heterocycles. The number of nitrogens with one attached hydrogen (secondary N) is 1. The van der Waals surface area contributed by atoms with Crippen LogP contribution in [0.2, 0.25) is 0 Å². The SMILES string of the molecule is C#CNc1ccc(I)cc1. The molecule has 0 unspecified atom stereocenters. The van der Waals surface area contributed by atoms with Crippen LogP contribution in [-0.2, 0) is 0 Å². The lowest BCUT2D eigenvalue weighted by molar-refractivity contribution is 1.60. The Bertz CT molecular complexity index is 245. The summed E-state index contributed by atoms with van der Waals surface area (Å²) in [7, 11) is 0. The summed E-state index contributed by atoms with van der Waals surface area (Å²) in [5.41, 5.74) is 0.961. The zero-order valence-electron chi connectivity index (χ0n) is 5.26. The number of anilines is 1. The third-order valence-corrected chi connectivity index (χ3v) is 1.78. The van der Waals surface area contributed by atoms with Gasteiger partial charge in [0.1, 0.15) is 0 Å². The monoisotopic (exact) mass is 243 g/mol. The standard InChI is InChI=1S/C8H6IN/c1-2-10-8-5-3-7(9)4-6-8/h1,3-6,10H. The molecule has 1 aromatic carbocycles. The minimum atomic E-state index is 0.961. The van der Waals surface area contributed by atoms with Crippen LogP contribution in [0, 0.1) is 16.0 Å². The first-order chi connectivity index (χ1) is 4.83. The summed E-state index contributed by atoms with van der Waals surface area (Å²) in [6.07, 6.45) is 5.04. The van der Waals surface area contributed by atoms with Gasteiger partial charge in [0.15, 0.2) is 0 Å². The Morgan fingerprint density at radius 1 is 1.30 bits per heavy atom. The van der Waals surface area contributed by atoms with E-state index in [9.17, 15) is 0 Å². The van der Waals surface area contributed by atoms with Crippen LogP contribution in [0.25, 0.3) is 0 Å². The fraction of sp³-hybridized carbons (Fsp3) is 0. The van der Waals surface area contributed by atoms with E-state index in [4.69, 9.17) is 6.42 Å². The summed E-state index contributed by atoms with van der Waals surface area (Å²) in [5.74, 6) is 0. The summed E-state index contributed by atoms with van der Waals surface area (Å²) < 4.78 is 1.21. The van der Waals surface area contributed by atoms with Gasteiger partial charge in [-0.05, 0) is 46.9 Å². The summed E-state index contributed by atoms with van der Waals surface area (Å²) in [6, 6.07) is 10.2. The zero-order chi connectivity index (χ0) is 7.40. The minimum absolute atomic E-state index is 0.961. The van der Waals surface area contributed by atoms with Gasteiger partial charge in [-0.3, -0.25) is 0 Å². The molecule has 0 aliphatic rings. The molecule has 1 rings (SSSR count). The number of hydrogen-bond acceptors (Lipinski definition) is 1. The van der Waals surface area contributed by atoms with E-state index in [1.165, 1.54) is 3.57 Å². The van der Waals surface area contributed by atoms with Crippen molar-refractivity contribution in [1.29, 1.82) is 0 Å². The number of benzene rings is 1. The molecule has 50 valence electrons. The Kier molecular flexibility index (Phi) is 2.57. The lowest BCUT2D eigenvalue weighted by Crippen LogP contribution is -1.85. The van der Waals surface area contributed by atoms with E-state index < -0.39 is 0 Å². The van der Waals surface area contributed by atoms with Crippen LogP contribution in [0.4, 0.5) is 5.69 Å². The first-order valence-corrected chi connectivity index (χ1v) is 3.88. The molecule has 0 heterocycles. The molecule has 2 heteroatoms. The maximum absolute atomic E-state index is 5.04. The van der Waals surface area contributed by atoms with Crippen molar-refractivity contribution in [3.05, 3.63) is 27.8 Å². The van der Waals surface area contributed by atoms with Gasteiger partial charge in [-0.25, -0.2) is 0 Å². The van der Waals surface area contributed by atoms with E-state index in [1.807, 2.05) is 24.3 Å². The molecular weight excluding hydrogens is 237 g/mol. The summed E-state index contributed by atoms with van der Waals surface area (Å²) in [6.45, 7) is 0. The summed E-state index contributed by atoms with van der Waals surface area (Å²) in [4.78, 5) is 0. The van der Waals surface area contributed by atoms with Crippen LogP contribution in [0.3, 0.4) is 0 Å². The van der Waals surface area contributed by atoms with Gasteiger partial charge in [-0.15, -0.1) is 0 Å². The Morgan fingerprint density at radius 3 is 2.40 bits per heavy atom. The second-order valence-corrected chi connectivity index (χ2v) is 3.02. The molecule has 1 N–H and O–H groups in total. The summed E-state index contributed by atoms with van der Waals surface area (Å²) >= 11 is 2.25. The number of terminal acetylenes is 1. The lowest BCUT2D eigenvalue weighted by Gasteiger charge is -1.95. The molecule has 0 spiro atoms. The Balaban J connectivity index is 2.81. The molecule has 0 saturated carbocycles. The average Bonchev–Trinajstić information content (AvgIpc) is 1.95. The molecule has 0 aliphatic heterocycles. The highest BCUT2D eigenvalue weighted by molar-refractivity contribution is 14.1. The predicted octanol–water partition coefficient (Wildman–Crippen LogP) is 2.29. The van der Waals surface area contributed by atoms with E-state index >= 15 is 0 Å². The van der Waals surface area contributed by atoms with E-state index in [0.717, 1.165) is 5.69 Å². The third kappa shape index (κ3) is 1.92. The van der Waals surface area contributed by atoms with Gasteiger partial charge in [-0.2, -0.15) is 0 Å². The van der Waals surface area contributed by atoms with Crippen molar-refractivity contribution < 1.29 is 0 Å². The molecule has 0 amide bonds. The van der Waals surface area contributed by atoms with Crippen molar-refractivity contribution in [3.63, 3.8) is 0 Å². The second-order valence-electron chi connectivity index (χ2n) is 1.78. The first-order valence-electron chi connectivity index (χ1n) is 2.80. The Hall–Kier alpha value is -0.690. The zero-order valence-corrected chi connectivity index (χ0v) is 7.42. The first kappa shape index (κ1) is 7.42. The van der Waals surface area contributed by atoms with Gasteiger partial charge in [0.05, 0.1) is 0 Å². The maximum Gasteiger partial charge on any atom is 0.0459 e. The molecule has 10 heavy (non-hydrogen) atoms. The van der Waals surface area contributed by atoms with E-state index in [1.54, 1.807) is 0 Å². The quantitative estimate of drug-likeness (QED) is 0.453. The molecule has 0 radical (unpaired) electrons. The van der Waals surface area contributed by atoms with Gasteiger partial charge in [-0.1, -0.05) is 6.42 Å². The topological polar surface area (TPSA) is 12.0 Å². The van der Waals surface area contributed by atoms with Crippen LogP contribution < -0.4 is 5.32 Å². The number of halogens is 1. The minimum Gasteiger partial charge on any atom is -0.315 e. The van der Waals surface area contributed by atoms with E-state index in [2.05, 4.69) is 34.0 Å². The maximum atomic E-state index is 5.04. The smallest absolute Gasteiger partial charge is 0.0459 e. The van der Waals surface area contributed by atoms with Gasteiger partial charge in [0.25, 0.3) is 0 Å². The lowest BCUT2D eigenvalue weighted by atomic mass is 10.3. The molecule has 1 nitrogen and oxygen atoms in total. The van der Waals surface area contributed by atoms with Gasteiger partial charge < -0.3 is 5.32 Å². The number of rotatable bonds is 1. The van der Waals surface area contributed by atoms with Crippen LogP contribution in [0.15, 0.2) is 24.3 Å².